The molecule has 3 unspecified atom stereocenters. The predicted octanol–water partition coefficient (Wildman–Crippen LogP) is 0.673. The zero-order valence-corrected chi connectivity index (χ0v) is 11.6. The number of hydrogen-bond acceptors (Lipinski definition) is 4. The van der Waals surface area contributed by atoms with Crippen molar-refractivity contribution in [3.8, 4) is 0 Å². The highest BCUT2D eigenvalue weighted by Crippen LogP contribution is 2.23. The molecular weight excluding hydrogens is 244 g/mol. The standard InChI is InChI=1S/C14H26N2O3/c15-13-3-2-12(8-13)14(17)16-5-1-6-18-9-11-4-7-19-10-11/h11-13H,1-10,15H2,(H,16,17). The van der Waals surface area contributed by atoms with Crippen molar-refractivity contribution in [2.75, 3.05) is 33.0 Å². The molecule has 1 aliphatic carbocycles. The average Bonchev–Trinajstić information content (AvgIpc) is 3.04. The van der Waals surface area contributed by atoms with E-state index >= 15 is 0 Å². The lowest BCUT2D eigenvalue weighted by Crippen LogP contribution is -2.31. The van der Waals surface area contributed by atoms with Gasteiger partial charge in [-0.2, -0.15) is 0 Å². The number of hydrogen-bond donors (Lipinski definition) is 2. The van der Waals surface area contributed by atoms with Crippen LogP contribution in [0.5, 0.6) is 0 Å². The highest BCUT2D eigenvalue weighted by atomic mass is 16.5. The fraction of sp³-hybridized carbons (Fsp3) is 0.929. The van der Waals surface area contributed by atoms with E-state index in [9.17, 15) is 4.79 Å². The topological polar surface area (TPSA) is 73.6 Å². The molecule has 3 atom stereocenters. The Labute approximate surface area is 115 Å². The molecule has 1 amide bonds. The second-order valence-corrected chi connectivity index (χ2v) is 5.72. The van der Waals surface area contributed by atoms with Gasteiger partial charge >= 0.3 is 0 Å². The number of carbonyl (C=O) groups is 1. The maximum Gasteiger partial charge on any atom is 0.223 e. The molecule has 3 N–H and O–H groups in total. The van der Waals surface area contributed by atoms with E-state index in [0.29, 0.717) is 19.1 Å². The molecule has 0 aromatic carbocycles. The van der Waals surface area contributed by atoms with E-state index in [4.69, 9.17) is 15.2 Å². The molecule has 0 radical (unpaired) electrons. The van der Waals surface area contributed by atoms with E-state index in [1.54, 1.807) is 0 Å². The summed E-state index contributed by atoms with van der Waals surface area (Å²) in [5.41, 5.74) is 5.81. The van der Waals surface area contributed by atoms with Crippen LogP contribution in [-0.4, -0.2) is 44.9 Å². The van der Waals surface area contributed by atoms with Crippen molar-refractivity contribution in [2.24, 2.45) is 17.6 Å². The van der Waals surface area contributed by atoms with Gasteiger partial charge in [-0.15, -0.1) is 0 Å². The quantitative estimate of drug-likeness (QED) is 0.667. The molecule has 1 saturated heterocycles. The van der Waals surface area contributed by atoms with Crippen LogP contribution in [0.1, 0.15) is 32.1 Å². The molecule has 2 rings (SSSR count). The normalized spacial score (nSPS) is 30.7. The van der Waals surface area contributed by atoms with Crippen molar-refractivity contribution in [1.82, 2.24) is 5.32 Å². The van der Waals surface area contributed by atoms with Crippen molar-refractivity contribution in [3.05, 3.63) is 0 Å². The van der Waals surface area contributed by atoms with Crippen LogP contribution in [0, 0.1) is 11.8 Å². The van der Waals surface area contributed by atoms with Crippen molar-refractivity contribution >= 4 is 5.91 Å². The number of rotatable bonds is 7. The third-order valence-corrected chi connectivity index (χ3v) is 3.99. The summed E-state index contributed by atoms with van der Waals surface area (Å²) in [4.78, 5) is 11.8. The van der Waals surface area contributed by atoms with Crippen LogP contribution in [0.2, 0.25) is 0 Å². The summed E-state index contributed by atoms with van der Waals surface area (Å²) in [6.07, 6.45) is 4.73. The maximum absolute atomic E-state index is 11.8. The summed E-state index contributed by atoms with van der Waals surface area (Å²) in [5.74, 6) is 0.860. The predicted molar refractivity (Wildman–Crippen MR) is 72.7 cm³/mol. The van der Waals surface area contributed by atoms with Gasteiger partial charge in [0.1, 0.15) is 0 Å². The summed E-state index contributed by atoms with van der Waals surface area (Å²) in [6, 6.07) is 0.215. The number of ether oxygens (including phenoxy) is 2. The average molecular weight is 270 g/mol. The minimum Gasteiger partial charge on any atom is -0.381 e. The van der Waals surface area contributed by atoms with E-state index < -0.39 is 0 Å². The summed E-state index contributed by atoms with van der Waals surface area (Å²) in [5, 5.41) is 2.97. The van der Waals surface area contributed by atoms with Gasteiger partial charge in [-0.1, -0.05) is 0 Å². The van der Waals surface area contributed by atoms with Gasteiger partial charge in [-0.3, -0.25) is 4.79 Å². The summed E-state index contributed by atoms with van der Waals surface area (Å²) in [7, 11) is 0. The fourth-order valence-corrected chi connectivity index (χ4v) is 2.75. The van der Waals surface area contributed by atoms with Crippen LogP contribution in [0.4, 0.5) is 0 Å². The second-order valence-electron chi connectivity index (χ2n) is 5.72. The van der Waals surface area contributed by atoms with Crippen LogP contribution in [0.3, 0.4) is 0 Å². The molecule has 1 aliphatic heterocycles. The molecule has 1 saturated carbocycles. The Kier molecular flexibility index (Phi) is 6.07. The maximum atomic E-state index is 11.8. The monoisotopic (exact) mass is 270 g/mol. The van der Waals surface area contributed by atoms with Crippen molar-refractivity contribution in [1.29, 1.82) is 0 Å². The van der Waals surface area contributed by atoms with Gasteiger partial charge in [0.05, 0.1) is 13.2 Å². The Hall–Kier alpha value is -0.650. The van der Waals surface area contributed by atoms with Crippen LogP contribution in [0.25, 0.3) is 0 Å². The molecule has 0 aromatic heterocycles. The Morgan fingerprint density at radius 2 is 2.26 bits per heavy atom. The molecule has 110 valence electrons. The van der Waals surface area contributed by atoms with Gasteiger partial charge in [0, 0.05) is 37.6 Å². The number of carbonyl (C=O) groups excluding carboxylic acids is 1. The van der Waals surface area contributed by atoms with Crippen LogP contribution >= 0.6 is 0 Å². The molecule has 0 spiro atoms. The van der Waals surface area contributed by atoms with Gasteiger partial charge < -0.3 is 20.5 Å². The molecule has 1 heterocycles. The Balaban J connectivity index is 1.44. The third kappa shape index (κ3) is 5.09. The van der Waals surface area contributed by atoms with Gasteiger partial charge in [0.2, 0.25) is 5.91 Å². The first kappa shape index (κ1) is 14.8. The van der Waals surface area contributed by atoms with Crippen molar-refractivity contribution in [3.63, 3.8) is 0 Å². The molecular formula is C14H26N2O3. The first-order valence-corrected chi connectivity index (χ1v) is 7.44. The molecule has 19 heavy (non-hydrogen) atoms. The van der Waals surface area contributed by atoms with E-state index in [0.717, 1.165) is 51.9 Å². The van der Waals surface area contributed by atoms with Gasteiger partial charge in [0.15, 0.2) is 0 Å². The van der Waals surface area contributed by atoms with Crippen LogP contribution in [0.15, 0.2) is 0 Å². The minimum absolute atomic E-state index is 0.131. The smallest absolute Gasteiger partial charge is 0.223 e. The summed E-state index contributed by atoms with van der Waals surface area (Å²) in [6.45, 7) is 3.89. The molecule has 5 heteroatoms. The van der Waals surface area contributed by atoms with Crippen LogP contribution < -0.4 is 11.1 Å². The molecule has 2 fully saturated rings. The first-order chi connectivity index (χ1) is 9.25. The number of nitrogens with two attached hydrogens (primary N) is 1. The van der Waals surface area contributed by atoms with E-state index in [1.807, 2.05) is 0 Å². The molecule has 0 bridgehead atoms. The van der Waals surface area contributed by atoms with Gasteiger partial charge in [-0.05, 0) is 32.1 Å². The molecule has 2 aliphatic rings. The second kappa shape index (κ2) is 7.82. The van der Waals surface area contributed by atoms with Crippen molar-refractivity contribution < 1.29 is 14.3 Å². The first-order valence-electron chi connectivity index (χ1n) is 7.44. The van der Waals surface area contributed by atoms with Crippen LogP contribution in [-0.2, 0) is 14.3 Å². The zero-order valence-electron chi connectivity index (χ0n) is 11.6. The Bertz CT molecular complexity index is 280. The fourth-order valence-electron chi connectivity index (χ4n) is 2.75. The van der Waals surface area contributed by atoms with E-state index in [-0.39, 0.29) is 17.9 Å². The highest BCUT2D eigenvalue weighted by Gasteiger charge is 2.27. The Morgan fingerprint density at radius 3 is 2.95 bits per heavy atom. The third-order valence-electron chi connectivity index (χ3n) is 3.99. The summed E-state index contributed by atoms with van der Waals surface area (Å²) >= 11 is 0. The van der Waals surface area contributed by atoms with E-state index in [1.165, 1.54) is 0 Å². The van der Waals surface area contributed by atoms with E-state index in [2.05, 4.69) is 5.32 Å². The minimum atomic E-state index is 0.131. The molecule has 0 aromatic rings. The van der Waals surface area contributed by atoms with Gasteiger partial charge in [0.25, 0.3) is 0 Å². The van der Waals surface area contributed by atoms with Crippen molar-refractivity contribution in [2.45, 2.75) is 38.1 Å². The highest BCUT2D eigenvalue weighted by molar-refractivity contribution is 5.78. The lowest BCUT2D eigenvalue weighted by Gasteiger charge is -2.11. The SMILES string of the molecule is NC1CCC(C(=O)NCCCOCC2CCOC2)C1. The summed E-state index contributed by atoms with van der Waals surface area (Å²) < 4.78 is 10.9. The Morgan fingerprint density at radius 1 is 1.37 bits per heavy atom. The van der Waals surface area contributed by atoms with Gasteiger partial charge in [-0.25, -0.2) is 0 Å². The molecule has 5 nitrogen and oxygen atoms in total. The lowest BCUT2D eigenvalue weighted by molar-refractivity contribution is -0.124. The zero-order chi connectivity index (χ0) is 13.5. The largest absolute Gasteiger partial charge is 0.381 e. The number of nitrogens with one attached hydrogen (secondary N) is 1. The lowest BCUT2D eigenvalue weighted by atomic mass is 10.1. The number of amides is 1.